The molecule has 2 heterocycles. The van der Waals surface area contributed by atoms with Gasteiger partial charge < -0.3 is 20.4 Å². The van der Waals surface area contributed by atoms with Crippen molar-refractivity contribution < 1.29 is 19.8 Å². The van der Waals surface area contributed by atoms with Crippen molar-refractivity contribution in [2.24, 2.45) is 0 Å². The van der Waals surface area contributed by atoms with Crippen molar-refractivity contribution in [1.82, 2.24) is 10.2 Å². The average molecular weight is 500 g/mol. The van der Waals surface area contributed by atoms with Crippen LogP contribution in [0.1, 0.15) is 48.9 Å². The maximum absolute atomic E-state index is 13.7. The molecule has 1 saturated heterocycles. The molecule has 1 aliphatic carbocycles. The Kier molecular flexibility index (Phi) is 5.73. The van der Waals surface area contributed by atoms with Crippen molar-refractivity contribution in [3.8, 4) is 0 Å². The maximum Gasteiger partial charge on any atom is 0.264 e. The van der Waals surface area contributed by atoms with Crippen molar-refractivity contribution in [3.63, 3.8) is 0 Å². The lowest BCUT2D eigenvalue weighted by atomic mass is 9.89. The number of fused-ring (bicyclic) bond motifs is 1. The van der Waals surface area contributed by atoms with Gasteiger partial charge in [0.2, 0.25) is 0 Å². The zero-order valence-electron chi connectivity index (χ0n) is 21.3. The minimum Gasteiger partial charge on any atom is -0.383 e. The molecule has 0 saturated carbocycles. The predicted octanol–water partition coefficient (Wildman–Crippen LogP) is 2.98. The molecule has 6 rings (SSSR count). The van der Waals surface area contributed by atoms with E-state index in [1.807, 2.05) is 31.2 Å². The molecule has 3 aliphatic rings. The van der Waals surface area contributed by atoms with Gasteiger partial charge in [-0.15, -0.1) is 0 Å². The highest BCUT2D eigenvalue weighted by Crippen LogP contribution is 2.52. The lowest BCUT2D eigenvalue weighted by Crippen LogP contribution is -2.52. The summed E-state index contributed by atoms with van der Waals surface area (Å²) in [7, 11) is 1.67. The molecule has 1 fully saturated rings. The number of likely N-dealkylation sites (N-methyl/N-ethyl adjacent to an activating group) is 1. The van der Waals surface area contributed by atoms with Crippen LogP contribution in [-0.2, 0) is 20.8 Å². The van der Waals surface area contributed by atoms with Gasteiger partial charge in [0, 0.05) is 31.1 Å². The van der Waals surface area contributed by atoms with E-state index in [9.17, 15) is 19.8 Å². The fourth-order valence-corrected chi connectivity index (χ4v) is 6.96. The topological polar surface area (TPSA) is 93.1 Å². The summed E-state index contributed by atoms with van der Waals surface area (Å²) in [6.07, 6.45) is 1.17. The van der Waals surface area contributed by atoms with Crippen LogP contribution in [-0.4, -0.2) is 59.5 Å². The molecule has 3 aromatic rings. The smallest absolute Gasteiger partial charge is 0.264 e. The molecule has 37 heavy (non-hydrogen) atoms. The Balaban J connectivity index is 1.26. The van der Waals surface area contributed by atoms with Gasteiger partial charge in [-0.3, -0.25) is 14.5 Å². The van der Waals surface area contributed by atoms with E-state index in [0.29, 0.717) is 37.2 Å². The summed E-state index contributed by atoms with van der Waals surface area (Å²) in [6.45, 7) is 3.42. The molecule has 0 bridgehead atoms. The number of likely N-dealkylation sites (tertiary alicyclic amines) is 1. The Labute approximate surface area is 216 Å². The largest absolute Gasteiger partial charge is 0.383 e. The summed E-state index contributed by atoms with van der Waals surface area (Å²) in [5, 5.41) is 28.3. The fraction of sp³-hybridized carbons (Fsp3) is 0.400. The molecule has 3 aromatic carbocycles. The number of aliphatic hydroxyl groups is 2. The van der Waals surface area contributed by atoms with Crippen LogP contribution in [0.2, 0.25) is 0 Å². The lowest BCUT2D eigenvalue weighted by molar-refractivity contribution is -0.142. The van der Waals surface area contributed by atoms with Crippen molar-refractivity contribution in [3.05, 3.63) is 77.4 Å². The minimum atomic E-state index is -1.84. The molecule has 0 spiro atoms. The van der Waals surface area contributed by atoms with Gasteiger partial charge >= 0.3 is 0 Å². The predicted molar refractivity (Wildman–Crippen MR) is 142 cm³/mol. The SMILES string of the molecule is CNCC(=O)CC1(O)C(=O)N(C2CCN([C@H]3c4cccc5cccc(c45)[C@]3(C)O)CC2)c2ccccc21. The van der Waals surface area contributed by atoms with Crippen LogP contribution in [0.5, 0.6) is 0 Å². The summed E-state index contributed by atoms with van der Waals surface area (Å²) in [4.78, 5) is 30.2. The van der Waals surface area contributed by atoms with Crippen LogP contribution in [0.3, 0.4) is 0 Å². The molecule has 7 heteroatoms. The molecule has 1 unspecified atom stereocenters. The number of para-hydroxylation sites is 1. The van der Waals surface area contributed by atoms with E-state index in [0.717, 1.165) is 21.9 Å². The second kappa shape index (κ2) is 8.74. The number of nitrogens with one attached hydrogen (secondary N) is 1. The molecule has 3 atom stereocenters. The van der Waals surface area contributed by atoms with Gasteiger partial charge in [0.1, 0.15) is 11.4 Å². The number of rotatable bonds is 6. The minimum absolute atomic E-state index is 0.0946. The van der Waals surface area contributed by atoms with Gasteiger partial charge in [0.25, 0.3) is 5.91 Å². The number of carbonyl (C=O) groups is 2. The molecule has 0 aromatic heterocycles. The third kappa shape index (κ3) is 3.56. The molecule has 192 valence electrons. The number of piperidine rings is 1. The van der Waals surface area contributed by atoms with Crippen LogP contribution >= 0.6 is 0 Å². The van der Waals surface area contributed by atoms with Crippen molar-refractivity contribution in [1.29, 1.82) is 0 Å². The van der Waals surface area contributed by atoms with E-state index in [-0.39, 0.29) is 30.8 Å². The number of Topliss-reactive ketones (excluding diaryl/α,β-unsaturated/α-hetero) is 1. The summed E-state index contributed by atoms with van der Waals surface area (Å²) in [6, 6.07) is 19.4. The number of hydrogen-bond donors (Lipinski definition) is 3. The van der Waals surface area contributed by atoms with E-state index in [2.05, 4.69) is 34.5 Å². The summed E-state index contributed by atoms with van der Waals surface area (Å²) in [5.41, 5.74) is 0.460. The molecular weight excluding hydrogens is 466 g/mol. The summed E-state index contributed by atoms with van der Waals surface area (Å²) >= 11 is 0. The van der Waals surface area contributed by atoms with Crippen LogP contribution in [0.25, 0.3) is 10.8 Å². The van der Waals surface area contributed by atoms with Crippen molar-refractivity contribution >= 4 is 28.2 Å². The molecular formula is C30H33N3O4. The number of carbonyl (C=O) groups excluding carboxylic acids is 2. The standard InChI is InChI=1S/C30H33N3O4/c1-29(36)24-11-6-8-19-7-5-9-22(26(19)24)27(29)32-15-13-20(14-16-32)33-25-12-4-3-10-23(25)30(37,28(33)35)17-21(34)18-31-2/h3-12,20,27,31,36-37H,13-18H2,1-2H3/t27-,29-,30?/m0/s1. The van der Waals surface area contributed by atoms with E-state index in [4.69, 9.17) is 0 Å². The highest BCUT2D eigenvalue weighted by atomic mass is 16.3. The third-order valence-electron chi connectivity index (χ3n) is 8.55. The highest BCUT2D eigenvalue weighted by molar-refractivity contribution is 6.09. The Bertz CT molecular complexity index is 1390. The first-order chi connectivity index (χ1) is 17.8. The zero-order chi connectivity index (χ0) is 25.9. The number of amides is 1. The molecule has 2 aliphatic heterocycles. The van der Waals surface area contributed by atoms with Gasteiger partial charge in [-0.25, -0.2) is 0 Å². The van der Waals surface area contributed by atoms with E-state index in [1.54, 1.807) is 24.1 Å². The Morgan fingerprint density at radius 1 is 1.00 bits per heavy atom. The number of anilines is 1. The molecule has 0 radical (unpaired) electrons. The van der Waals surface area contributed by atoms with Gasteiger partial charge in [-0.05, 0) is 54.8 Å². The molecule has 7 nitrogen and oxygen atoms in total. The van der Waals surface area contributed by atoms with Crippen LogP contribution in [0.4, 0.5) is 5.69 Å². The number of benzene rings is 3. The zero-order valence-corrected chi connectivity index (χ0v) is 21.3. The van der Waals surface area contributed by atoms with Crippen LogP contribution in [0.15, 0.2) is 60.7 Å². The Hall–Kier alpha value is -3.10. The normalized spacial score (nSPS) is 27.7. The first-order valence-electron chi connectivity index (χ1n) is 13.1. The first-order valence-corrected chi connectivity index (χ1v) is 13.1. The van der Waals surface area contributed by atoms with Crippen LogP contribution < -0.4 is 10.2 Å². The highest BCUT2D eigenvalue weighted by Gasteiger charge is 2.53. The number of nitrogens with zero attached hydrogens (tertiary/aromatic N) is 2. The second-order valence-corrected chi connectivity index (χ2v) is 10.9. The van der Waals surface area contributed by atoms with E-state index < -0.39 is 17.1 Å². The Morgan fingerprint density at radius 2 is 1.68 bits per heavy atom. The third-order valence-corrected chi connectivity index (χ3v) is 8.55. The molecule has 1 amide bonds. The van der Waals surface area contributed by atoms with E-state index >= 15 is 0 Å². The lowest BCUT2D eigenvalue weighted by Gasteiger charge is -2.43. The summed E-state index contributed by atoms with van der Waals surface area (Å²) in [5.74, 6) is -0.622. The van der Waals surface area contributed by atoms with Gasteiger partial charge in [0.15, 0.2) is 5.60 Å². The van der Waals surface area contributed by atoms with Gasteiger partial charge in [-0.2, -0.15) is 0 Å². The maximum atomic E-state index is 13.7. The monoisotopic (exact) mass is 499 g/mol. The van der Waals surface area contributed by atoms with E-state index in [1.165, 1.54) is 0 Å². The Morgan fingerprint density at radius 3 is 2.41 bits per heavy atom. The summed E-state index contributed by atoms with van der Waals surface area (Å²) < 4.78 is 0. The van der Waals surface area contributed by atoms with Crippen molar-refractivity contribution in [2.45, 2.75) is 49.5 Å². The fourth-order valence-electron chi connectivity index (χ4n) is 6.96. The first kappa shape index (κ1) is 24.2. The molecule has 3 N–H and O–H groups in total. The number of ketones is 1. The van der Waals surface area contributed by atoms with Gasteiger partial charge in [0.05, 0.1) is 18.3 Å². The number of hydrogen-bond acceptors (Lipinski definition) is 6. The van der Waals surface area contributed by atoms with Gasteiger partial charge in [-0.1, -0.05) is 54.6 Å². The quantitative estimate of drug-likeness (QED) is 0.483. The van der Waals surface area contributed by atoms with Crippen LogP contribution in [0, 0.1) is 0 Å². The van der Waals surface area contributed by atoms with Crippen molar-refractivity contribution in [2.75, 3.05) is 31.6 Å². The second-order valence-electron chi connectivity index (χ2n) is 10.9. The average Bonchev–Trinajstić information content (AvgIpc) is 3.25.